The van der Waals surface area contributed by atoms with Gasteiger partial charge in [0, 0.05) is 6.04 Å². The van der Waals surface area contributed by atoms with Crippen molar-refractivity contribution in [1.82, 2.24) is 4.90 Å². The second-order valence-corrected chi connectivity index (χ2v) is 6.39. The Kier molecular flexibility index (Phi) is 4.29. The summed E-state index contributed by atoms with van der Waals surface area (Å²) in [6.45, 7) is 1.36. The maximum atomic E-state index is 11.8. The third-order valence-corrected chi connectivity index (χ3v) is 4.38. The van der Waals surface area contributed by atoms with Crippen molar-refractivity contribution in [3.8, 4) is 12.3 Å². The molecule has 1 atom stereocenters. The van der Waals surface area contributed by atoms with Gasteiger partial charge in [-0.1, -0.05) is 5.92 Å². The third-order valence-electron chi connectivity index (χ3n) is 2.63. The normalized spacial score (nSPS) is 21.8. The molecule has 1 aliphatic heterocycles. The van der Waals surface area contributed by atoms with Crippen LogP contribution in [-0.2, 0) is 19.4 Å². The van der Waals surface area contributed by atoms with Gasteiger partial charge in [0.15, 0.2) is 9.84 Å². The van der Waals surface area contributed by atoms with E-state index >= 15 is 0 Å². The van der Waals surface area contributed by atoms with Crippen molar-refractivity contribution in [2.24, 2.45) is 0 Å². The van der Waals surface area contributed by atoms with Gasteiger partial charge in [0.2, 0.25) is 5.91 Å². The standard InChI is InChI=1S/C11H15NO4S/c1-3-5-12(11(14)7-9(2)13)10-4-6-17(15,16)8-10/h1,10H,4-8H2,2H3. The van der Waals surface area contributed by atoms with E-state index in [1.165, 1.54) is 11.8 Å². The number of rotatable bonds is 4. The van der Waals surface area contributed by atoms with Gasteiger partial charge in [0.1, 0.15) is 5.78 Å². The van der Waals surface area contributed by atoms with Crippen molar-refractivity contribution in [1.29, 1.82) is 0 Å². The Morgan fingerprint density at radius 2 is 2.12 bits per heavy atom. The molecule has 0 radical (unpaired) electrons. The Bertz CT molecular complexity index is 460. The van der Waals surface area contributed by atoms with Gasteiger partial charge in [0.25, 0.3) is 0 Å². The highest BCUT2D eigenvalue weighted by molar-refractivity contribution is 7.91. The zero-order valence-electron chi connectivity index (χ0n) is 9.68. The lowest BCUT2D eigenvalue weighted by Crippen LogP contribution is -2.42. The van der Waals surface area contributed by atoms with Crippen molar-refractivity contribution in [3.63, 3.8) is 0 Å². The smallest absolute Gasteiger partial charge is 0.231 e. The number of Topliss-reactive ketones (excluding diaryl/α,β-unsaturated/α-hetero) is 1. The van der Waals surface area contributed by atoms with E-state index in [2.05, 4.69) is 5.92 Å². The first-order valence-corrected chi connectivity index (χ1v) is 7.10. The minimum Gasteiger partial charge on any atom is -0.327 e. The number of hydrogen-bond acceptors (Lipinski definition) is 4. The fourth-order valence-corrected chi connectivity index (χ4v) is 3.59. The molecular formula is C11H15NO4S. The summed E-state index contributed by atoms with van der Waals surface area (Å²) in [5.41, 5.74) is 0. The number of amides is 1. The van der Waals surface area contributed by atoms with Crippen molar-refractivity contribution < 1.29 is 18.0 Å². The SMILES string of the molecule is C#CCN(C(=O)CC(C)=O)C1CCS(=O)(=O)C1. The van der Waals surface area contributed by atoms with Crippen LogP contribution in [-0.4, -0.2) is 49.1 Å². The molecule has 0 aromatic heterocycles. The molecule has 17 heavy (non-hydrogen) atoms. The summed E-state index contributed by atoms with van der Waals surface area (Å²) < 4.78 is 22.7. The Morgan fingerprint density at radius 3 is 2.53 bits per heavy atom. The molecule has 1 amide bonds. The quantitative estimate of drug-likeness (QED) is 0.508. The van der Waals surface area contributed by atoms with Crippen LogP contribution in [0.5, 0.6) is 0 Å². The fourth-order valence-electron chi connectivity index (χ4n) is 1.85. The van der Waals surface area contributed by atoms with E-state index in [0.717, 1.165) is 0 Å². The minimum atomic E-state index is -3.07. The molecule has 0 aromatic carbocycles. The summed E-state index contributed by atoms with van der Waals surface area (Å²) in [7, 11) is -3.07. The van der Waals surface area contributed by atoms with Crippen LogP contribution in [0.25, 0.3) is 0 Å². The molecule has 0 bridgehead atoms. The van der Waals surface area contributed by atoms with Crippen LogP contribution in [0, 0.1) is 12.3 Å². The number of terminal acetylenes is 1. The summed E-state index contributed by atoms with van der Waals surface area (Å²) in [5.74, 6) is 1.70. The number of carbonyl (C=O) groups excluding carboxylic acids is 2. The highest BCUT2D eigenvalue weighted by atomic mass is 32.2. The van der Waals surface area contributed by atoms with Gasteiger partial charge < -0.3 is 4.90 Å². The monoisotopic (exact) mass is 257 g/mol. The van der Waals surface area contributed by atoms with Gasteiger partial charge in [-0.25, -0.2) is 8.42 Å². The Morgan fingerprint density at radius 1 is 1.47 bits per heavy atom. The van der Waals surface area contributed by atoms with Gasteiger partial charge in [-0.05, 0) is 13.3 Å². The molecule has 1 fully saturated rings. The van der Waals surface area contributed by atoms with Crippen LogP contribution < -0.4 is 0 Å². The van der Waals surface area contributed by atoms with Crippen LogP contribution in [0.2, 0.25) is 0 Å². The van der Waals surface area contributed by atoms with Crippen molar-refractivity contribution in [2.75, 3.05) is 18.1 Å². The lowest BCUT2D eigenvalue weighted by Gasteiger charge is -2.25. The summed E-state index contributed by atoms with van der Waals surface area (Å²) in [6, 6.07) is -0.386. The van der Waals surface area contributed by atoms with E-state index in [1.807, 2.05) is 0 Å². The molecule has 0 aromatic rings. The second-order valence-electron chi connectivity index (χ2n) is 4.16. The van der Waals surface area contributed by atoms with Crippen LogP contribution in [0.4, 0.5) is 0 Å². The highest BCUT2D eigenvalue weighted by Gasteiger charge is 2.34. The summed E-state index contributed by atoms with van der Waals surface area (Å²) >= 11 is 0. The predicted octanol–water partition coefficient (Wildman–Crippen LogP) is -0.386. The molecule has 6 heteroatoms. The van der Waals surface area contributed by atoms with E-state index in [4.69, 9.17) is 6.42 Å². The van der Waals surface area contributed by atoms with E-state index in [-0.39, 0.29) is 36.3 Å². The topological polar surface area (TPSA) is 71.5 Å². The maximum absolute atomic E-state index is 11.8. The molecule has 1 unspecified atom stereocenters. The Labute approximate surface area is 101 Å². The maximum Gasteiger partial charge on any atom is 0.231 e. The van der Waals surface area contributed by atoms with Crippen molar-refractivity contribution in [2.45, 2.75) is 25.8 Å². The number of carbonyl (C=O) groups is 2. The second kappa shape index (κ2) is 5.32. The Hall–Kier alpha value is -1.35. The molecule has 5 nitrogen and oxygen atoms in total. The van der Waals surface area contributed by atoms with Crippen LogP contribution in [0.1, 0.15) is 19.8 Å². The molecule has 0 saturated carbocycles. The number of sulfone groups is 1. The molecule has 0 spiro atoms. The van der Waals surface area contributed by atoms with E-state index in [0.29, 0.717) is 6.42 Å². The first-order valence-electron chi connectivity index (χ1n) is 5.28. The molecule has 1 aliphatic rings. The van der Waals surface area contributed by atoms with Gasteiger partial charge >= 0.3 is 0 Å². The highest BCUT2D eigenvalue weighted by Crippen LogP contribution is 2.18. The van der Waals surface area contributed by atoms with Gasteiger partial charge in [-0.15, -0.1) is 6.42 Å². The van der Waals surface area contributed by atoms with Crippen LogP contribution >= 0.6 is 0 Å². The summed E-state index contributed by atoms with van der Waals surface area (Å²) in [6.07, 6.45) is 5.33. The molecule has 94 valence electrons. The van der Waals surface area contributed by atoms with Crippen LogP contribution in [0.3, 0.4) is 0 Å². The summed E-state index contributed by atoms with van der Waals surface area (Å²) in [4.78, 5) is 24.0. The Balaban J connectivity index is 2.77. The first kappa shape index (κ1) is 13.7. The molecule has 0 aliphatic carbocycles. The van der Waals surface area contributed by atoms with Gasteiger partial charge in [-0.2, -0.15) is 0 Å². The van der Waals surface area contributed by atoms with Crippen molar-refractivity contribution in [3.05, 3.63) is 0 Å². The number of ketones is 1. The lowest BCUT2D eigenvalue weighted by molar-refractivity contribution is -0.135. The van der Waals surface area contributed by atoms with Gasteiger partial charge in [0.05, 0.1) is 24.5 Å². The lowest BCUT2D eigenvalue weighted by atomic mass is 10.2. The zero-order valence-corrected chi connectivity index (χ0v) is 10.5. The molecule has 1 heterocycles. The molecular weight excluding hydrogens is 242 g/mol. The third kappa shape index (κ3) is 3.86. The predicted molar refractivity (Wildman–Crippen MR) is 62.9 cm³/mol. The first-order chi connectivity index (χ1) is 7.85. The average molecular weight is 257 g/mol. The minimum absolute atomic E-state index is 0.0479. The largest absolute Gasteiger partial charge is 0.327 e. The fraction of sp³-hybridized carbons (Fsp3) is 0.636. The molecule has 1 rings (SSSR count). The zero-order chi connectivity index (χ0) is 13.1. The van der Waals surface area contributed by atoms with E-state index in [1.54, 1.807) is 0 Å². The van der Waals surface area contributed by atoms with Gasteiger partial charge in [-0.3, -0.25) is 9.59 Å². The summed E-state index contributed by atoms with van der Waals surface area (Å²) in [5, 5.41) is 0. The molecule has 0 N–H and O–H groups in total. The van der Waals surface area contributed by atoms with Crippen LogP contribution in [0.15, 0.2) is 0 Å². The number of hydrogen-bond donors (Lipinski definition) is 0. The van der Waals surface area contributed by atoms with E-state index in [9.17, 15) is 18.0 Å². The van der Waals surface area contributed by atoms with E-state index < -0.39 is 15.7 Å². The number of nitrogens with zero attached hydrogens (tertiary/aromatic N) is 1. The molecule has 1 saturated heterocycles. The van der Waals surface area contributed by atoms with Crippen molar-refractivity contribution >= 4 is 21.5 Å². The average Bonchev–Trinajstić information content (AvgIpc) is 2.53.